The normalized spacial score (nSPS) is 25.9. The molecule has 0 saturated heterocycles. The van der Waals surface area contributed by atoms with Crippen LogP contribution in [0.4, 0.5) is 0 Å². The highest BCUT2D eigenvalue weighted by atomic mass is 16.6. The molecule has 0 atom stereocenters. The number of ether oxygens (including phenoxy) is 1. The second kappa shape index (κ2) is 7.06. The van der Waals surface area contributed by atoms with Gasteiger partial charge in [-0.2, -0.15) is 0 Å². The maximum atomic E-state index is 13.0. The van der Waals surface area contributed by atoms with Crippen molar-refractivity contribution < 1.29 is 14.3 Å². The van der Waals surface area contributed by atoms with Crippen LogP contribution >= 0.6 is 0 Å². The number of rotatable bonds is 2. The van der Waals surface area contributed by atoms with Crippen molar-refractivity contribution in [3.05, 3.63) is 11.1 Å². The van der Waals surface area contributed by atoms with Crippen LogP contribution in [0.2, 0.25) is 0 Å². The first-order valence-corrected chi connectivity index (χ1v) is 9.38. The average molecular weight is 319 g/mol. The van der Waals surface area contributed by atoms with Gasteiger partial charge in [0.05, 0.1) is 5.57 Å². The van der Waals surface area contributed by atoms with Gasteiger partial charge in [0.1, 0.15) is 5.60 Å². The largest absolute Gasteiger partial charge is 0.451 e. The van der Waals surface area contributed by atoms with E-state index in [0.29, 0.717) is 11.1 Å². The molecule has 0 bridgehead atoms. The third kappa shape index (κ3) is 3.46. The van der Waals surface area contributed by atoms with E-state index in [2.05, 4.69) is 5.32 Å². The minimum Gasteiger partial charge on any atom is -0.451 e. The van der Waals surface area contributed by atoms with Crippen LogP contribution in [-0.2, 0) is 14.3 Å². The lowest BCUT2D eigenvalue weighted by atomic mass is 9.84. The van der Waals surface area contributed by atoms with Crippen LogP contribution in [0.15, 0.2) is 11.1 Å². The summed E-state index contributed by atoms with van der Waals surface area (Å²) in [4.78, 5) is 25.1. The third-order valence-electron chi connectivity index (χ3n) is 5.75. The van der Waals surface area contributed by atoms with Crippen molar-refractivity contribution in [1.29, 1.82) is 0 Å². The van der Waals surface area contributed by atoms with Gasteiger partial charge in [0, 0.05) is 11.6 Å². The van der Waals surface area contributed by atoms with Crippen molar-refractivity contribution in [3.8, 4) is 0 Å². The van der Waals surface area contributed by atoms with Crippen LogP contribution in [0.5, 0.6) is 0 Å². The molecule has 4 nitrogen and oxygen atoms in total. The average Bonchev–Trinajstić information content (AvgIpc) is 2.79. The van der Waals surface area contributed by atoms with Gasteiger partial charge in [-0.3, -0.25) is 4.79 Å². The van der Waals surface area contributed by atoms with Crippen molar-refractivity contribution in [2.75, 3.05) is 0 Å². The maximum Gasteiger partial charge on any atom is 0.335 e. The molecule has 1 spiro atoms. The van der Waals surface area contributed by atoms with Gasteiger partial charge in [0.25, 0.3) is 5.91 Å². The van der Waals surface area contributed by atoms with Crippen LogP contribution < -0.4 is 5.32 Å². The van der Waals surface area contributed by atoms with Crippen molar-refractivity contribution in [1.82, 2.24) is 5.32 Å². The Morgan fingerprint density at radius 2 is 1.57 bits per heavy atom. The van der Waals surface area contributed by atoms with E-state index in [1.807, 2.05) is 0 Å². The fourth-order valence-corrected chi connectivity index (χ4v) is 4.46. The van der Waals surface area contributed by atoms with E-state index >= 15 is 0 Å². The molecule has 1 aliphatic heterocycles. The second-order valence-corrected chi connectivity index (χ2v) is 7.46. The summed E-state index contributed by atoms with van der Waals surface area (Å²) in [6.07, 6.45) is 13.0. The molecular weight excluding hydrogens is 290 g/mol. The molecule has 128 valence electrons. The highest BCUT2D eigenvalue weighted by Crippen LogP contribution is 2.43. The minimum atomic E-state index is -0.646. The summed E-state index contributed by atoms with van der Waals surface area (Å²) in [6.45, 7) is 1.75. The molecule has 0 radical (unpaired) electrons. The number of hydrogen-bond donors (Lipinski definition) is 1. The summed E-state index contributed by atoms with van der Waals surface area (Å²) in [5.41, 5.74) is 0.513. The SMILES string of the molecule is CC1=C(C(=O)NC2CCCCCC2)C2(CCCCCC2)OC1=O. The quantitative estimate of drug-likeness (QED) is 0.622. The summed E-state index contributed by atoms with van der Waals surface area (Å²) in [5.74, 6) is -0.347. The van der Waals surface area contributed by atoms with E-state index in [1.165, 1.54) is 25.7 Å². The van der Waals surface area contributed by atoms with Gasteiger partial charge in [0.2, 0.25) is 0 Å². The van der Waals surface area contributed by atoms with Gasteiger partial charge in [-0.15, -0.1) is 0 Å². The summed E-state index contributed by atoms with van der Waals surface area (Å²) < 4.78 is 5.76. The number of hydrogen-bond acceptors (Lipinski definition) is 3. The van der Waals surface area contributed by atoms with Crippen molar-refractivity contribution >= 4 is 11.9 Å². The first-order chi connectivity index (χ1) is 11.1. The van der Waals surface area contributed by atoms with Gasteiger partial charge in [-0.25, -0.2) is 4.79 Å². The Morgan fingerprint density at radius 1 is 1.00 bits per heavy atom. The van der Waals surface area contributed by atoms with Gasteiger partial charge in [-0.05, 0) is 45.4 Å². The number of esters is 1. The number of amides is 1. The van der Waals surface area contributed by atoms with Gasteiger partial charge < -0.3 is 10.1 Å². The lowest BCUT2D eigenvalue weighted by Gasteiger charge is -2.30. The highest BCUT2D eigenvalue weighted by Gasteiger charge is 2.49. The Bertz CT molecular complexity index is 493. The molecule has 3 aliphatic rings. The van der Waals surface area contributed by atoms with Crippen LogP contribution in [-0.4, -0.2) is 23.5 Å². The highest BCUT2D eigenvalue weighted by molar-refractivity contribution is 6.07. The van der Waals surface area contributed by atoms with Gasteiger partial charge in [0.15, 0.2) is 0 Å². The lowest BCUT2D eigenvalue weighted by molar-refractivity contribution is -0.148. The molecule has 23 heavy (non-hydrogen) atoms. The van der Waals surface area contributed by atoms with E-state index in [9.17, 15) is 9.59 Å². The standard InChI is InChI=1S/C19H29NO3/c1-14-16(17(21)20-15-10-6-2-3-7-11-15)19(23-18(14)22)12-8-4-5-9-13-19/h15H,2-13H2,1H3,(H,20,21). The zero-order valence-corrected chi connectivity index (χ0v) is 14.3. The van der Waals surface area contributed by atoms with Crippen molar-refractivity contribution in [2.45, 2.75) is 95.6 Å². The Labute approximate surface area is 139 Å². The van der Waals surface area contributed by atoms with Crippen LogP contribution in [0.1, 0.15) is 84.0 Å². The van der Waals surface area contributed by atoms with E-state index < -0.39 is 5.60 Å². The molecule has 2 aliphatic carbocycles. The minimum absolute atomic E-state index is 0.0536. The van der Waals surface area contributed by atoms with Crippen molar-refractivity contribution in [3.63, 3.8) is 0 Å². The van der Waals surface area contributed by atoms with Crippen LogP contribution in [0.25, 0.3) is 0 Å². The Hall–Kier alpha value is -1.32. The van der Waals surface area contributed by atoms with Crippen molar-refractivity contribution in [2.24, 2.45) is 0 Å². The molecule has 1 N–H and O–H groups in total. The summed E-state index contributed by atoms with van der Waals surface area (Å²) in [6, 6.07) is 0.254. The molecule has 4 heteroatoms. The molecule has 3 rings (SSSR count). The second-order valence-electron chi connectivity index (χ2n) is 7.46. The van der Waals surface area contributed by atoms with Crippen LogP contribution in [0, 0.1) is 0 Å². The molecule has 2 fully saturated rings. The van der Waals surface area contributed by atoms with E-state index in [1.54, 1.807) is 6.92 Å². The Balaban J connectivity index is 1.78. The molecule has 0 aromatic heterocycles. The Kier molecular flexibility index (Phi) is 5.08. The predicted octanol–water partition coefficient (Wildman–Crippen LogP) is 3.79. The zero-order chi connectivity index (χ0) is 16.3. The van der Waals surface area contributed by atoms with Gasteiger partial charge in [-0.1, -0.05) is 38.5 Å². The predicted molar refractivity (Wildman–Crippen MR) is 88.9 cm³/mol. The van der Waals surface area contributed by atoms with Gasteiger partial charge >= 0.3 is 5.97 Å². The molecular formula is C19H29NO3. The smallest absolute Gasteiger partial charge is 0.335 e. The molecule has 1 heterocycles. The Morgan fingerprint density at radius 3 is 2.17 bits per heavy atom. The zero-order valence-electron chi connectivity index (χ0n) is 14.3. The summed E-state index contributed by atoms with van der Waals surface area (Å²) >= 11 is 0. The number of carbonyl (C=O) groups excluding carboxylic acids is 2. The molecule has 1 amide bonds. The van der Waals surface area contributed by atoms with Crippen LogP contribution in [0.3, 0.4) is 0 Å². The number of nitrogens with one attached hydrogen (secondary N) is 1. The van der Waals surface area contributed by atoms with E-state index in [-0.39, 0.29) is 17.9 Å². The summed E-state index contributed by atoms with van der Waals surface area (Å²) in [7, 11) is 0. The lowest BCUT2D eigenvalue weighted by Crippen LogP contribution is -2.43. The molecule has 0 aromatic rings. The molecule has 2 saturated carbocycles. The monoisotopic (exact) mass is 319 g/mol. The number of carbonyl (C=O) groups is 2. The fraction of sp³-hybridized carbons (Fsp3) is 0.789. The fourth-order valence-electron chi connectivity index (χ4n) is 4.46. The molecule has 0 unspecified atom stereocenters. The first-order valence-electron chi connectivity index (χ1n) is 9.38. The third-order valence-corrected chi connectivity index (χ3v) is 5.75. The van der Waals surface area contributed by atoms with E-state index in [0.717, 1.165) is 51.4 Å². The summed E-state index contributed by atoms with van der Waals surface area (Å²) in [5, 5.41) is 3.21. The van der Waals surface area contributed by atoms with E-state index in [4.69, 9.17) is 4.74 Å². The maximum absolute atomic E-state index is 13.0. The first kappa shape index (κ1) is 16.5. The molecule has 0 aromatic carbocycles. The topological polar surface area (TPSA) is 55.4 Å².